The van der Waals surface area contributed by atoms with Gasteiger partial charge >= 0.3 is 0 Å². The van der Waals surface area contributed by atoms with Gasteiger partial charge in [0, 0.05) is 32.2 Å². The van der Waals surface area contributed by atoms with Crippen LogP contribution < -0.4 is 19.5 Å². The Morgan fingerprint density at radius 2 is 2.10 bits per heavy atom. The van der Waals surface area contributed by atoms with Gasteiger partial charge in [-0.05, 0) is 24.1 Å². The van der Waals surface area contributed by atoms with E-state index in [0.29, 0.717) is 6.04 Å². The zero-order valence-corrected chi connectivity index (χ0v) is 12.9. The number of methoxy groups -OCH3 is 1. The van der Waals surface area contributed by atoms with Crippen molar-refractivity contribution >= 4 is 0 Å². The Kier molecular flexibility index (Phi) is 4.51. The fraction of sp³-hybridized carbons (Fsp3) is 0.625. The van der Waals surface area contributed by atoms with Crippen molar-refractivity contribution in [1.29, 1.82) is 0 Å². The lowest BCUT2D eigenvalue weighted by Gasteiger charge is -2.35. The summed E-state index contributed by atoms with van der Waals surface area (Å²) in [6.07, 6.45) is 2.30. The summed E-state index contributed by atoms with van der Waals surface area (Å²) in [6, 6.07) is 4.64. The van der Waals surface area contributed by atoms with Gasteiger partial charge in [-0.2, -0.15) is 0 Å². The molecule has 2 aliphatic heterocycles. The third-order valence-electron chi connectivity index (χ3n) is 4.22. The van der Waals surface area contributed by atoms with E-state index in [1.165, 1.54) is 5.56 Å². The van der Waals surface area contributed by atoms with Crippen molar-refractivity contribution in [2.45, 2.75) is 25.8 Å². The molecule has 2 heterocycles. The second-order valence-corrected chi connectivity index (χ2v) is 5.55. The molecule has 1 fully saturated rings. The molecule has 0 aromatic heterocycles. The number of benzene rings is 1. The van der Waals surface area contributed by atoms with E-state index in [1.807, 2.05) is 0 Å². The molecule has 0 bridgehead atoms. The molecule has 1 saturated heterocycles. The van der Waals surface area contributed by atoms with Crippen LogP contribution in [-0.4, -0.2) is 45.0 Å². The van der Waals surface area contributed by atoms with Gasteiger partial charge in [0.15, 0.2) is 11.5 Å². The maximum Gasteiger partial charge on any atom is 0.231 e. The molecule has 0 aliphatic carbocycles. The lowest BCUT2D eigenvalue weighted by molar-refractivity contribution is 0.163. The third-order valence-corrected chi connectivity index (χ3v) is 4.22. The molecular formula is C16H24N2O3. The van der Waals surface area contributed by atoms with Crippen molar-refractivity contribution in [1.82, 2.24) is 10.2 Å². The highest BCUT2D eigenvalue weighted by atomic mass is 16.7. The molecule has 2 aliphatic rings. The summed E-state index contributed by atoms with van der Waals surface area (Å²) in [5, 5.41) is 3.42. The van der Waals surface area contributed by atoms with Gasteiger partial charge in [-0.3, -0.25) is 4.90 Å². The molecule has 0 saturated carbocycles. The van der Waals surface area contributed by atoms with Crippen LogP contribution >= 0.6 is 0 Å². The van der Waals surface area contributed by atoms with E-state index in [0.717, 1.165) is 56.3 Å². The predicted octanol–water partition coefficient (Wildman–Crippen LogP) is 2.17. The fourth-order valence-corrected chi connectivity index (χ4v) is 3.17. The van der Waals surface area contributed by atoms with E-state index < -0.39 is 0 Å². The SMILES string of the molecule is CCC[C@H](c1cc(OC)c2c(c1)OCO2)N1CCNCC1. The molecule has 1 aromatic carbocycles. The Morgan fingerprint density at radius 3 is 2.81 bits per heavy atom. The first-order valence-corrected chi connectivity index (χ1v) is 7.75. The van der Waals surface area contributed by atoms with Crippen molar-refractivity contribution in [2.24, 2.45) is 0 Å². The number of rotatable bonds is 5. The van der Waals surface area contributed by atoms with Crippen LogP contribution in [0, 0.1) is 0 Å². The van der Waals surface area contributed by atoms with Gasteiger partial charge in [-0.15, -0.1) is 0 Å². The van der Waals surface area contributed by atoms with Gasteiger partial charge in [0.05, 0.1) is 7.11 Å². The third kappa shape index (κ3) is 2.94. The first-order valence-electron chi connectivity index (χ1n) is 7.75. The van der Waals surface area contributed by atoms with Crippen molar-refractivity contribution in [3.05, 3.63) is 17.7 Å². The zero-order valence-electron chi connectivity index (χ0n) is 12.9. The van der Waals surface area contributed by atoms with Crippen LogP contribution in [0.4, 0.5) is 0 Å². The summed E-state index contributed by atoms with van der Waals surface area (Å²) in [5.41, 5.74) is 1.26. The van der Waals surface area contributed by atoms with Crippen LogP contribution in [0.25, 0.3) is 0 Å². The molecular weight excluding hydrogens is 268 g/mol. The van der Waals surface area contributed by atoms with E-state index in [4.69, 9.17) is 14.2 Å². The fourth-order valence-electron chi connectivity index (χ4n) is 3.17. The lowest BCUT2D eigenvalue weighted by atomic mass is 9.99. The highest BCUT2D eigenvalue weighted by Gasteiger charge is 2.26. The Bertz CT molecular complexity index is 487. The van der Waals surface area contributed by atoms with Gasteiger partial charge in [-0.1, -0.05) is 13.3 Å². The van der Waals surface area contributed by atoms with Crippen LogP contribution in [0.5, 0.6) is 17.2 Å². The molecule has 116 valence electrons. The maximum absolute atomic E-state index is 5.56. The smallest absolute Gasteiger partial charge is 0.231 e. The van der Waals surface area contributed by atoms with Crippen molar-refractivity contribution in [3.8, 4) is 17.2 Å². The number of ether oxygens (including phenoxy) is 3. The molecule has 0 amide bonds. The highest BCUT2D eigenvalue weighted by molar-refractivity contribution is 5.55. The van der Waals surface area contributed by atoms with Gasteiger partial charge in [-0.25, -0.2) is 0 Å². The van der Waals surface area contributed by atoms with Gasteiger partial charge in [0.25, 0.3) is 0 Å². The Balaban J connectivity index is 1.91. The quantitative estimate of drug-likeness (QED) is 0.901. The van der Waals surface area contributed by atoms with Crippen LogP contribution in [0.3, 0.4) is 0 Å². The Labute approximate surface area is 126 Å². The minimum Gasteiger partial charge on any atom is -0.493 e. The van der Waals surface area contributed by atoms with Crippen LogP contribution in [0.2, 0.25) is 0 Å². The summed E-state index contributed by atoms with van der Waals surface area (Å²) >= 11 is 0. The summed E-state index contributed by atoms with van der Waals surface area (Å²) in [4.78, 5) is 2.55. The number of nitrogens with one attached hydrogen (secondary N) is 1. The van der Waals surface area contributed by atoms with Gasteiger partial charge < -0.3 is 19.5 Å². The number of hydrogen-bond donors (Lipinski definition) is 1. The van der Waals surface area contributed by atoms with Gasteiger partial charge in [0.2, 0.25) is 12.5 Å². The number of fused-ring (bicyclic) bond motifs is 1. The average molecular weight is 292 g/mol. The standard InChI is InChI=1S/C16H24N2O3/c1-3-4-13(18-7-5-17-6-8-18)12-9-14(19-2)16-15(10-12)20-11-21-16/h9-10,13,17H,3-8,11H2,1-2H3/t13-/m1/s1. The molecule has 5 heteroatoms. The van der Waals surface area contributed by atoms with E-state index in [-0.39, 0.29) is 6.79 Å². The molecule has 1 N–H and O–H groups in total. The summed E-state index contributed by atoms with van der Waals surface area (Å²) in [7, 11) is 1.68. The highest BCUT2D eigenvalue weighted by Crippen LogP contribution is 2.44. The van der Waals surface area contributed by atoms with Crippen LogP contribution in [0.15, 0.2) is 12.1 Å². The average Bonchev–Trinajstić information content (AvgIpc) is 3.01. The molecule has 21 heavy (non-hydrogen) atoms. The van der Waals surface area contributed by atoms with Crippen molar-refractivity contribution in [3.63, 3.8) is 0 Å². The molecule has 0 radical (unpaired) electrons. The minimum absolute atomic E-state index is 0.279. The molecule has 0 spiro atoms. The molecule has 5 nitrogen and oxygen atoms in total. The first kappa shape index (κ1) is 14.5. The maximum atomic E-state index is 5.56. The van der Waals surface area contributed by atoms with Crippen LogP contribution in [0.1, 0.15) is 31.4 Å². The Hall–Kier alpha value is -1.46. The monoisotopic (exact) mass is 292 g/mol. The number of nitrogens with zero attached hydrogens (tertiary/aromatic N) is 1. The second-order valence-electron chi connectivity index (χ2n) is 5.55. The van der Waals surface area contributed by atoms with Gasteiger partial charge in [0.1, 0.15) is 0 Å². The van der Waals surface area contributed by atoms with E-state index in [2.05, 4.69) is 29.3 Å². The molecule has 3 rings (SSSR count). The summed E-state index contributed by atoms with van der Waals surface area (Å²) in [6.45, 7) is 6.80. The molecule has 1 aromatic rings. The zero-order chi connectivity index (χ0) is 14.7. The van der Waals surface area contributed by atoms with E-state index in [1.54, 1.807) is 7.11 Å². The normalized spacial score (nSPS) is 19.5. The molecule has 0 unspecified atom stereocenters. The van der Waals surface area contributed by atoms with E-state index >= 15 is 0 Å². The van der Waals surface area contributed by atoms with Crippen molar-refractivity contribution in [2.75, 3.05) is 40.1 Å². The summed E-state index contributed by atoms with van der Waals surface area (Å²) in [5.74, 6) is 2.31. The summed E-state index contributed by atoms with van der Waals surface area (Å²) < 4.78 is 16.5. The molecule has 1 atom stereocenters. The minimum atomic E-state index is 0.279. The van der Waals surface area contributed by atoms with Crippen LogP contribution in [-0.2, 0) is 0 Å². The first-order chi connectivity index (χ1) is 10.3. The van der Waals surface area contributed by atoms with E-state index in [9.17, 15) is 0 Å². The Morgan fingerprint density at radius 1 is 1.29 bits per heavy atom. The predicted molar refractivity (Wildman–Crippen MR) is 81.2 cm³/mol. The number of hydrogen-bond acceptors (Lipinski definition) is 5. The largest absolute Gasteiger partial charge is 0.493 e. The lowest BCUT2D eigenvalue weighted by Crippen LogP contribution is -2.45. The topological polar surface area (TPSA) is 43.0 Å². The van der Waals surface area contributed by atoms with Crippen molar-refractivity contribution < 1.29 is 14.2 Å². The second kappa shape index (κ2) is 6.54. The number of piperazine rings is 1.